The molecule has 3 heterocycles. The van der Waals surface area contributed by atoms with E-state index in [1.807, 2.05) is 0 Å². The summed E-state index contributed by atoms with van der Waals surface area (Å²) >= 11 is 0. The van der Waals surface area contributed by atoms with Gasteiger partial charge in [0.2, 0.25) is 0 Å². The first-order chi connectivity index (χ1) is 11.1. The lowest BCUT2D eigenvalue weighted by Crippen LogP contribution is -2.31. The molecule has 2 aliphatic heterocycles. The van der Waals surface area contributed by atoms with Gasteiger partial charge in [0.25, 0.3) is 0 Å². The van der Waals surface area contributed by atoms with Crippen LogP contribution in [0.4, 0.5) is 5.82 Å². The average molecular weight is 310 g/mol. The Morgan fingerprint density at radius 2 is 2.13 bits per heavy atom. The molecule has 1 aromatic carbocycles. The maximum absolute atomic E-state index is 5.08. The minimum absolute atomic E-state index is 0.578. The Kier molecular flexibility index (Phi) is 3.64. The first kappa shape index (κ1) is 14.8. The molecule has 0 amide bonds. The van der Waals surface area contributed by atoms with Crippen LogP contribution in [-0.4, -0.2) is 41.4 Å². The van der Waals surface area contributed by atoms with E-state index in [0.29, 0.717) is 5.92 Å². The van der Waals surface area contributed by atoms with Crippen LogP contribution >= 0.6 is 0 Å². The van der Waals surface area contributed by atoms with Crippen LogP contribution in [0, 0.1) is 13.8 Å². The molecule has 1 fully saturated rings. The van der Waals surface area contributed by atoms with Crippen molar-refractivity contribution in [2.75, 3.05) is 32.0 Å². The molecule has 122 valence electrons. The van der Waals surface area contributed by atoms with Crippen LogP contribution in [0.5, 0.6) is 0 Å². The Balaban J connectivity index is 1.78. The summed E-state index contributed by atoms with van der Waals surface area (Å²) in [4.78, 5) is 2.44. The highest BCUT2D eigenvalue weighted by molar-refractivity contribution is 5.59. The molecule has 4 rings (SSSR count). The zero-order valence-electron chi connectivity index (χ0n) is 14.4. The predicted octanol–water partition coefficient (Wildman–Crippen LogP) is 3.27. The number of hydrogen-bond donors (Lipinski definition) is 1. The van der Waals surface area contributed by atoms with E-state index in [4.69, 9.17) is 5.10 Å². The Morgan fingerprint density at radius 1 is 1.26 bits per heavy atom. The van der Waals surface area contributed by atoms with Gasteiger partial charge in [0.05, 0.1) is 11.4 Å². The number of nitrogens with one attached hydrogen (secondary N) is 1. The van der Waals surface area contributed by atoms with Crippen LogP contribution in [0.1, 0.15) is 41.1 Å². The molecule has 1 saturated heterocycles. The highest BCUT2D eigenvalue weighted by Crippen LogP contribution is 2.36. The summed E-state index contributed by atoms with van der Waals surface area (Å²) in [5, 5.41) is 8.64. The van der Waals surface area contributed by atoms with E-state index < -0.39 is 0 Å². The molecule has 1 atom stereocenters. The number of likely N-dealkylation sites (N-methyl/N-ethyl adjacent to an activating group) is 1. The van der Waals surface area contributed by atoms with E-state index in [2.05, 4.69) is 54.0 Å². The first-order valence-corrected chi connectivity index (χ1v) is 8.75. The fourth-order valence-corrected chi connectivity index (χ4v) is 4.14. The molecule has 0 aliphatic carbocycles. The zero-order chi connectivity index (χ0) is 16.0. The summed E-state index contributed by atoms with van der Waals surface area (Å²) in [5.41, 5.74) is 6.58. The van der Waals surface area contributed by atoms with Crippen LogP contribution in [0.25, 0.3) is 5.69 Å². The fraction of sp³-hybridized carbons (Fsp3) is 0.526. The van der Waals surface area contributed by atoms with Crippen molar-refractivity contribution in [1.82, 2.24) is 14.7 Å². The summed E-state index contributed by atoms with van der Waals surface area (Å²) in [6.07, 6.45) is 3.65. The minimum atomic E-state index is 0.578. The monoisotopic (exact) mass is 310 g/mol. The van der Waals surface area contributed by atoms with E-state index in [9.17, 15) is 0 Å². The van der Waals surface area contributed by atoms with Crippen molar-refractivity contribution < 1.29 is 0 Å². The maximum Gasteiger partial charge on any atom is 0.133 e. The summed E-state index contributed by atoms with van der Waals surface area (Å²) in [6.45, 7) is 7.71. The third-order valence-electron chi connectivity index (χ3n) is 5.27. The highest BCUT2D eigenvalue weighted by atomic mass is 15.3. The lowest BCUT2D eigenvalue weighted by Gasteiger charge is -2.29. The normalized spacial score (nSPS) is 21.3. The van der Waals surface area contributed by atoms with E-state index in [1.165, 1.54) is 53.3 Å². The summed E-state index contributed by atoms with van der Waals surface area (Å²) in [7, 11) is 2.23. The molecule has 0 saturated carbocycles. The van der Waals surface area contributed by atoms with Gasteiger partial charge >= 0.3 is 0 Å². The van der Waals surface area contributed by atoms with Crippen molar-refractivity contribution in [1.29, 1.82) is 0 Å². The van der Waals surface area contributed by atoms with Crippen LogP contribution < -0.4 is 5.32 Å². The largest absolute Gasteiger partial charge is 0.369 e. The molecule has 4 nitrogen and oxygen atoms in total. The molecular formula is C19H26N4. The molecule has 23 heavy (non-hydrogen) atoms. The predicted molar refractivity (Wildman–Crippen MR) is 94.7 cm³/mol. The number of aryl methyl sites for hydroxylation is 2. The molecule has 1 N–H and O–H groups in total. The number of rotatable bonds is 2. The Hall–Kier alpha value is -1.81. The molecule has 2 aliphatic rings. The van der Waals surface area contributed by atoms with Crippen LogP contribution in [0.2, 0.25) is 0 Å². The number of anilines is 1. The molecule has 0 spiro atoms. The quantitative estimate of drug-likeness (QED) is 0.924. The van der Waals surface area contributed by atoms with E-state index in [0.717, 1.165) is 19.5 Å². The van der Waals surface area contributed by atoms with Gasteiger partial charge < -0.3 is 10.2 Å². The fourth-order valence-electron chi connectivity index (χ4n) is 4.14. The Labute approximate surface area is 138 Å². The zero-order valence-corrected chi connectivity index (χ0v) is 14.4. The Morgan fingerprint density at radius 3 is 2.91 bits per heavy atom. The molecule has 0 bridgehead atoms. The second-order valence-electron chi connectivity index (χ2n) is 7.19. The second kappa shape index (κ2) is 5.68. The second-order valence-corrected chi connectivity index (χ2v) is 7.19. The standard InChI is InChI=1S/C19H26N4/c1-13-6-7-17(14(2)11-13)23-19-16(8-9-20-19)18(21-23)15-5-4-10-22(3)12-15/h6-7,11,15,20H,4-5,8-10,12H2,1-3H3. The molecular weight excluding hydrogens is 284 g/mol. The smallest absolute Gasteiger partial charge is 0.133 e. The van der Waals surface area contributed by atoms with Crippen molar-refractivity contribution in [2.45, 2.75) is 39.0 Å². The van der Waals surface area contributed by atoms with Crippen LogP contribution in [0.3, 0.4) is 0 Å². The summed E-state index contributed by atoms with van der Waals surface area (Å²) in [5.74, 6) is 1.80. The first-order valence-electron chi connectivity index (χ1n) is 8.75. The van der Waals surface area contributed by atoms with Gasteiger partial charge in [-0.3, -0.25) is 0 Å². The van der Waals surface area contributed by atoms with E-state index in [-0.39, 0.29) is 0 Å². The lowest BCUT2D eigenvalue weighted by atomic mass is 9.92. The molecule has 0 radical (unpaired) electrons. The summed E-state index contributed by atoms with van der Waals surface area (Å²) < 4.78 is 2.15. The van der Waals surface area contributed by atoms with Crippen molar-refractivity contribution in [3.8, 4) is 5.69 Å². The number of aromatic nitrogens is 2. The van der Waals surface area contributed by atoms with Gasteiger partial charge in [-0.05, 0) is 58.3 Å². The van der Waals surface area contributed by atoms with Gasteiger partial charge in [-0.15, -0.1) is 0 Å². The van der Waals surface area contributed by atoms with Crippen LogP contribution in [0.15, 0.2) is 18.2 Å². The average Bonchev–Trinajstić information content (AvgIpc) is 3.10. The SMILES string of the molecule is Cc1ccc(-n2nc(C3CCCN(C)C3)c3c2NCC3)c(C)c1. The number of fused-ring (bicyclic) bond motifs is 1. The van der Waals surface area contributed by atoms with Crippen LogP contribution in [-0.2, 0) is 6.42 Å². The number of benzene rings is 1. The third-order valence-corrected chi connectivity index (χ3v) is 5.27. The molecule has 4 heteroatoms. The number of nitrogens with zero attached hydrogens (tertiary/aromatic N) is 3. The summed E-state index contributed by atoms with van der Waals surface area (Å²) in [6, 6.07) is 6.63. The van der Waals surface area contributed by atoms with Crippen molar-refractivity contribution in [3.05, 3.63) is 40.6 Å². The number of likely N-dealkylation sites (tertiary alicyclic amines) is 1. The van der Waals surface area contributed by atoms with Gasteiger partial charge in [-0.1, -0.05) is 17.7 Å². The van der Waals surface area contributed by atoms with Gasteiger partial charge in [0.1, 0.15) is 5.82 Å². The van der Waals surface area contributed by atoms with Crippen molar-refractivity contribution in [2.24, 2.45) is 0 Å². The molecule has 2 aromatic rings. The third kappa shape index (κ3) is 2.55. The minimum Gasteiger partial charge on any atom is -0.369 e. The topological polar surface area (TPSA) is 33.1 Å². The van der Waals surface area contributed by atoms with Gasteiger partial charge in [-0.25, -0.2) is 4.68 Å². The van der Waals surface area contributed by atoms with Gasteiger partial charge in [0.15, 0.2) is 0 Å². The number of piperidine rings is 1. The van der Waals surface area contributed by atoms with Crippen molar-refractivity contribution >= 4 is 5.82 Å². The lowest BCUT2D eigenvalue weighted by molar-refractivity contribution is 0.247. The van der Waals surface area contributed by atoms with E-state index in [1.54, 1.807) is 0 Å². The molecule has 1 aromatic heterocycles. The molecule has 1 unspecified atom stereocenters. The number of hydrogen-bond acceptors (Lipinski definition) is 3. The maximum atomic E-state index is 5.08. The highest BCUT2D eigenvalue weighted by Gasteiger charge is 2.30. The van der Waals surface area contributed by atoms with Gasteiger partial charge in [-0.2, -0.15) is 5.10 Å². The Bertz CT molecular complexity index is 731. The van der Waals surface area contributed by atoms with Gasteiger partial charge in [0, 0.05) is 24.6 Å². The van der Waals surface area contributed by atoms with E-state index >= 15 is 0 Å². The van der Waals surface area contributed by atoms with Crippen molar-refractivity contribution in [3.63, 3.8) is 0 Å².